The van der Waals surface area contributed by atoms with Gasteiger partial charge in [-0.25, -0.2) is 0 Å². The van der Waals surface area contributed by atoms with Gasteiger partial charge < -0.3 is 4.52 Å². The van der Waals surface area contributed by atoms with Crippen molar-refractivity contribution in [3.05, 3.63) is 70.4 Å². The molecule has 4 aromatic rings. The number of carbonyl (C=O) groups is 1. The van der Waals surface area contributed by atoms with Crippen molar-refractivity contribution in [3.63, 3.8) is 0 Å². The lowest BCUT2D eigenvalue weighted by Crippen LogP contribution is -2.14. The van der Waals surface area contributed by atoms with Gasteiger partial charge in [-0.05, 0) is 50.1 Å². The Bertz CT molecular complexity index is 1250. The minimum absolute atomic E-state index is 0.130. The Morgan fingerprint density at radius 3 is 2.68 bits per heavy atom. The third-order valence-electron chi connectivity index (χ3n) is 4.58. The molecule has 0 spiro atoms. The van der Waals surface area contributed by atoms with E-state index in [1.165, 1.54) is 11.8 Å². The molecule has 7 nitrogen and oxygen atoms in total. The van der Waals surface area contributed by atoms with E-state index in [4.69, 9.17) is 16.1 Å². The first-order valence-electron chi connectivity index (χ1n) is 9.56. The number of nitrogens with one attached hydrogen (secondary N) is 1. The van der Waals surface area contributed by atoms with Crippen molar-refractivity contribution in [3.8, 4) is 17.1 Å². The van der Waals surface area contributed by atoms with Gasteiger partial charge >= 0.3 is 0 Å². The molecule has 0 unspecified atom stereocenters. The maximum atomic E-state index is 12.4. The van der Waals surface area contributed by atoms with Gasteiger partial charge in [-0.3, -0.25) is 14.7 Å². The zero-order chi connectivity index (χ0) is 22.0. The van der Waals surface area contributed by atoms with Crippen LogP contribution in [0.5, 0.6) is 0 Å². The first-order valence-corrected chi connectivity index (χ1v) is 10.9. The van der Waals surface area contributed by atoms with E-state index in [9.17, 15) is 4.79 Å². The number of carbonyl (C=O) groups excluding carboxylic acids is 1. The predicted molar refractivity (Wildman–Crippen MR) is 122 cm³/mol. The summed E-state index contributed by atoms with van der Waals surface area (Å²) >= 11 is 7.73. The number of thioether (sulfide) groups is 1. The maximum Gasteiger partial charge on any atom is 0.237 e. The highest BCUT2D eigenvalue weighted by molar-refractivity contribution is 7.99. The van der Waals surface area contributed by atoms with E-state index in [1.54, 1.807) is 13.0 Å². The number of aryl methyl sites for hydroxylation is 3. The van der Waals surface area contributed by atoms with Crippen molar-refractivity contribution in [1.82, 2.24) is 19.9 Å². The first-order chi connectivity index (χ1) is 14.9. The van der Waals surface area contributed by atoms with Crippen LogP contribution in [0, 0.1) is 20.8 Å². The van der Waals surface area contributed by atoms with Crippen LogP contribution in [0.3, 0.4) is 0 Å². The number of benzene rings is 2. The van der Waals surface area contributed by atoms with Crippen molar-refractivity contribution in [1.29, 1.82) is 0 Å². The Morgan fingerprint density at radius 1 is 1.13 bits per heavy atom. The minimum atomic E-state index is -0.226. The largest absolute Gasteiger partial charge is 0.338 e. The van der Waals surface area contributed by atoms with Crippen LogP contribution in [0.2, 0.25) is 5.02 Å². The summed E-state index contributed by atoms with van der Waals surface area (Å²) in [6.45, 7) is 5.84. The Labute approximate surface area is 188 Å². The van der Waals surface area contributed by atoms with Gasteiger partial charge in [0, 0.05) is 11.6 Å². The summed E-state index contributed by atoms with van der Waals surface area (Å²) in [6.07, 6.45) is 0. The molecule has 0 radical (unpaired) electrons. The molecule has 0 atom stereocenters. The topological polar surface area (TPSA) is 85.8 Å². The third-order valence-corrected chi connectivity index (χ3v) is 5.84. The standard InChI is InChI=1S/C22H20ClN5O2S/c1-13-8-9-14(2)18(10-13)28-21(16-6-4-5-7-17(16)23)25-26-22(28)31-12-19(29)24-20-11-15(3)27-30-20/h4-11H,12H2,1-3H3,(H,24,29). The number of amides is 1. The van der Waals surface area contributed by atoms with E-state index in [0.717, 1.165) is 22.4 Å². The summed E-state index contributed by atoms with van der Waals surface area (Å²) in [6, 6.07) is 15.3. The molecule has 158 valence electrons. The Kier molecular flexibility index (Phi) is 6.11. The number of hydrogen-bond donors (Lipinski definition) is 1. The van der Waals surface area contributed by atoms with Gasteiger partial charge in [0.2, 0.25) is 11.8 Å². The van der Waals surface area contributed by atoms with Crippen LogP contribution in [0.25, 0.3) is 17.1 Å². The monoisotopic (exact) mass is 453 g/mol. The molecule has 2 aromatic carbocycles. The van der Waals surface area contributed by atoms with E-state index in [0.29, 0.717) is 27.6 Å². The number of anilines is 1. The second-order valence-electron chi connectivity index (χ2n) is 7.08. The Morgan fingerprint density at radius 2 is 1.94 bits per heavy atom. The van der Waals surface area contributed by atoms with Crippen LogP contribution >= 0.6 is 23.4 Å². The van der Waals surface area contributed by atoms with E-state index < -0.39 is 0 Å². The van der Waals surface area contributed by atoms with E-state index in [-0.39, 0.29) is 11.7 Å². The van der Waals surface area contributed by atoms with E-state index >= 15 is 0 Å². The lowest BCUT2D eigenvalue weighted by Gasteiger charge is -2.14. The third kappa shape index (κ3) is 4.65. The summed E-state index contributed by atoms with van der Waals surface area (Å²) in [5.41, 5.74) is 4.57. The van der Waals surface area contributed by atoms with Crippen LogP contribution in [-0.2, 0) is 4.79 Å². The highest BCUT2D eigenvalue weighted by Crippen LogP contribution is 2.33. The van der Waals surface area contributed by atoms with Crippen LogP contribution in [0.15, 0.2) is 58.2 Å². The Hall–Kier alpha value is -3.10. The molecular weight excluding hydrogens is 434 g/mol. The minimum Gasteiger partial charge on any atom is -0.338 e. The molecule has 0 saturated heterocycles. The van der Waals surface area contributed by atoms with Gasteiger partial charge in [0.1, 0.15) is 0 Å². The lowest BCUT2D eigenvalue weighted by atomic mass is 10.1. The molecule has 1 N–H and O–H groups in total. The first kappa shape index (κ1) is 21.1. The van der Waals surface area contributed by atoms with Gasteiger partial charge in [-0.1, -0.05) is 52.8 Å². The molecule has 9 heteroatoms. The molecule has 0 aliphatic carbocycles. The highest BCUT2D eigenvalue weighted by atomic mass is 35.5. The SMILES string of the molecule is Cc1ccc(C)c(-n2c(SCC(=O)Nc3cc(C)no3)nnc2-c2ccccc2Cl)c1. The van der Waals surface area contributed by atoms with Crippen LogP contribution in [0.1, 0.15) is 16.8 Å². The molecule has 0 bridgehead atoms. The second kappa shape index (κ2) is 8.95. The summed E-state index contributed by atoms with van der Waals surface area (Å²) in [5, 5.41) is 16.4. The summed E-state index contributed by atoms with van der Waals surface area (Å²) in [7, 11) is 0. The number of halogens is 1. The molecule has 0 aliphatic rings. The van der Waals surface area contributed by atoms with Crippen molar-refractivity contribution in [2.75, 3.05) is 11.1 Å². The van der Waals surface area contributed by atoms with Gasteiger partial charge in [0.25, 0.3) is 0 Å². The van der Waals surface area contributed by atoms with Crippen LogP contribution in [0.4, 0.5) is 5.88 Å². The predicted octanol–water partition coefficient (Wildman–Crippen LogP) is 5.23. The van der Waals surface area contributed by atoms with Crippen molar-refractivity contribution in [2.45, 2.75) is 25.9 Å². The van der Waals surface area contributed by atoms with Gasteiger partial charge in [-0.2, -0.15) is 0 Å². The molecule has 2 aromatic heterocycles. The fraction of sp³-hybridized carbons (Fsp3) is 0.182. The van der Waals surface area contributed by atoms with Crippen molar-refractivity contribution < 1.29 is 9.32 Å². The van der Waals surface area contributed by atoms with Crippen LogP contribution in [-0.4, -0.2) is 31.6 Å². The normalized spacial score (nSPS) is 11.0. The number of rotatable bonds is 6. The Balaban J connectivity index is 1.68. The molecule has 0 saturated carbocycles. The molecule has 1 amide bonds. The fourth-order valence-corrected chi connectivity index (χ4v) is 4.05. The van der Waals surface area contributed by atoms with Crippen molar-refractivity contribution in [2.24, 2.45) is 0 Å². The van der Waals surface area contributed by atoms with Crippen LogP contribution < -0.4 is 5.32 Å². The van der Waals surface area contributed by atoms with Crippen molar-refractivity contribution >= 4 is 35.2 Å². The summed E-state index contributed by atoms with van der Waals surface area (Å²) in [5.74, 6) is 0.838. The summed E-state index contributed by atoms with van der Waals surface area (Å²) in [4.78, 5) is 12.4. The molecule has 0 fully saturated rings. The molecule has 4 rings (SSSR count). The second-order valence-corrected chi connectivity index (χ2v) is 8.43. The zero-order valence-corrected chi connectivity index (χ0v) is 18.8. The van der Waals surface area contributed by atoms with Gasteiger partial charge in [0.15, 0.2) is 11.0 Å². The van der Waals surface area contributed by atoms with E-state index in [1.807, 2.05) is 42.7 Å². The number of hydrogen-bond acceptors (Lipinski definition) is 6. The maximum absolute atomic E-state index is 12.4. The summed E-state index contributed by atoms with van der Waals surface area (Å²) < 4.78 is 6.99. The van der Waals surface area contributed by atoms with Gasteiger partial charge in [-0.15, -0.1) is 10.2 Å². The molecule has 0 aliphatic heterocycles. The smallest absolute Gasteiger partial charge is 0.237 e. The molecule has 31 heavy (non-hydrogen) atoms. The average Bonchev–Trinajstić information content (AvgIpc) is 3.34. The number of nitrogens with zero attached hydrogens (tertiary/aromatic N) is 4. The average molecular weight is 454 g/mol. The fourth-order valence-electron chi connectivity index (χ4n) is 3.08. The lowest BCUT2D eigenvalue weighted by molar-refractivity contribution is -0.113. The van der Waals surface area contributed by atoms with Gasteiger partial charge in [0.05, 0.1) is 22.2 Å². The molecular formula is C22H20ClN5O2S. The zero-order valence-electron chi connectivity index (χ0n) is 17.2. The number of aromatic nitrogens is 4. The highest BCUT2D eigenvalue weighted by Gasteiger charge is 2.20. The quantitative estimate of drug-likeness (QED) is 0.402. The molecule has 2 heterocycles. The van der Waals surface area contributed by atoms with E-state index in [2.05, 4.69) is 38.9 Å².